The zero-order valence-corrected chi connectivity index (χ0v) is 13.1. The number of hydrogen-bond acceptors (Lipinski definition) is 4. The molecule has 0 aromatic carbocycles. The first kappa shape index (κ1) is 17.9. The summed E-state index contributed by atoms with van der Waals surface area (Å²) >= 11 is 0. The summed E-state index contributed by atoms with van der Waals surface area (Å²) in [5.41, 5.74) is 0. The molecule has 6 nitrogen and oxygen atoms in total. The lowest BCUT2D eigenvalue weighted by molar-refractivity contribution is -0.141. The van der Waals surface area contributed by atoms with Gasteiger partial charge in [0.1, 0.15) is 0 Å². The van der Waals surface area contributed by atoms with Gasteiger partial charge in [-0.3, -0.25) is 9.59 Å². The highest BCUT2D eigenvalue weighted by Gasteiger charge is 2.16. The van der Waals surface area contributed by atoms with Crippen LogP contribution in [0.1, 0.15) is 46.0 Å². The van der Waals surface area contributed by atoms with Gasteiger partial charge in [-0.1, -0.05) is 13.3 Å². The Balaban J connectivity index is 2.02. The molecule has 1 fully saturated rings. The maximum atomic E-state index is 11.7. The van der Waals surface area contributed by atoms with E-state index >= 15 is 0 Å². The van der Waals surface area contributed by atoms with Crippen molar-refractivity contribution in [3.8, 4) is 0 Å². The number of carbonyl (C=O) groups excluding carboxylic acids is 1. The number of aliphatic carboxylic acids is 1. The van der Waals surface area contributed by atoms with Gasteiger partial charge in [0.05, 0.1) is 18.6 Å². The number of hydrogen-bond donors (Lipinski definition) is 3. The van der Waals surface area contributed by atoms with Crippen molar-refractivity contribution in [3.63, 3.8) is 0 Å². The van der Waals surface area contributed by atoms with E-state index in [1.807, 2.05) is 6.92 Å². The van der Waals surface area contributed by atoms with Crippen LogP contribution >= 0.6 is 0 Å². The van der Waals surface area contributed by atoms with E-state index in [0.29, 0.717) is 19.5 Å². The van der Waals surface area contributed by atoms with Crippen molar-refractivity contribution < 1.29 is 19.4 Å². The monoisotopic (exact) mass is 300 g/mol. The third-order valence-electron chi connectivity index (χ3n) is 3.86. The molecule has 0 aliphatic carbocycles. The molecule has 1 aliphatic heterocycles. The predicted molar refractivity (Wildman–Crippen MR) is 80.1 cm³/mol. The number of ether oxygens (including phenoxy) is 1. The second-order valence-corrected chi connectivity index (χ2v) is 5.89. The fourth-order valence-corrected chi connectivity index (χ4v) is 2.32. The summed E-state index contributed by atoms with van der Waals surface area (Å²) in [5.74, 6) is -1.06. The van der Waals surface area contributed by atoms with E-state index in [4.69, 9.17) is 9.84 Å². The molecule has 3 unspecified atom stereocenters. The molecular formula is C15H28N2O4. The molecule has 21 heavy (non-hydrogen) atoms. The van der Waals surface area contributed by atoms with E-state index in [1.165, 1.54) is 0 Å². The van der Waals surface area contributed by atoms with Crippen LogP contribution < -0.4 is 10.6 Å². The quantitative estimate of drug-likeness (QED) is 0.563. The molecule has 0 bridgehead atoms. The van der Waals surface area contributed by atoms with E-state index < -0.39 is 5.97 Å². The van der Waals surface area contributed by atoms with Crippen LogP contribution in [-0.4, -0.2) is 48.8 Å². The molecule has 1 saturated heterocycles. The Morgan fingerprint density at radius 1 is 1.33 bits per heavy atom. The number of carbonyl (C=O) groups is 2. The van der Waals surface area contributed by atoms with Gasteiger partial charge < -0.3 is 20.5 Å². The van der Waals surface area contributed by atoms with Crippen molar-refractivity contribution in [1.82, 2.24) is 10.6 Å². The fraction of sp³-hybridized carbons (Fsp3) is 0.867. The van der Waals surface area contributed by atoms with Crippen molar-refractivity contribution >= 4 is 11.9 Å². The molecule has 0 aromatic rings. The summed E-state index contributed by atoms with van der Waals surface area (Å²) in [5, 5.41) is 14.8. The average molecular weight is 300 g/mol. The zero-order chi connectivity index (χ0) is 15.7. The Hall–Kier alpha value is -1.14. The third-order valence-corrected chi connectivity index (χ3v) is 3.86. The van der Waals surface area contributed by atoms with Gasteiger partial charge in [-0.25, -0.2) is 0 Å². The van der Waals surface area contributed by atoms with Gasteiger partial charge in [-0.15, -0.1) is 0 Å². The Labute approximate surface area is 126 Å². The van der Waals surface area contributed by atoms with Gasteiger partial charge in [0.25, 0.3) is 0 Å². The number of amides is 1. The number of carboxylic acids is 1. The molecule has 1 heterocycles. The van der Waals surface area contributed by atoms with E-state index in [9.17, 15) is 9.59 Å². The Kier molecular flexibility index (Phi) is 8.30. The van der Waals surface area contributed by atoms with E-state index in [0.717, 1.165) is 32.3 Å². The lowest BCUT2D eigenvalue weighted by Gasteiger charge is -2.15. The molecule has 3 atom stereocenters. The first-order valence-corrected chi connectivity index (χ1v) is 7.83. The highest BCUT2D eigenvalue weighted by atomic mass is 16.5. The van der Waals surface area contributed by atoms with Gasteiger partial charge in [-0.05, 0) is 32.6 Å². The standard InChI is InChI=1S/C15H28N2O4/c1-11(15(19)20)5-3-6-12(2)16-10-14(18)17-9-13-7-4-8-21-13/h11-13,16H,3-10H2,1-2H3,(H,17,18)(H,19,20). The van der Waals surface area contributed by atoms with Crippen LogP contribution in [-0.2, 0) is 14.3 Å². The summed E-state index contributed by atoms with van der Waals surface area (Å²) in [4.78, 5) is 22.4. The second kappa shape index (κ2) is 9.73. The van der Waals surface area contributed by atoms with Gasteiger partial charge in [-0.2, -0.15) is 0 Å². The maximum Gasteiger partial charge on any atom is 0.306 e. The largest absolute Gasteiger partial charge is 0.481 e. The van der Waals surface area contributed by atoms with Gasteiger partial charge >= 0.3 is 5.97 Å². The number of nitrogens with one attached hydrogen (secondary N) is 2. The number of rotatable bonds is 10. The lowest BCUT2D eigenvalue weighted by Crippen LogP contribution is -2.40. The molecule has 6 heteroatoms. The first-order chi connectivity index (χ1) is 9.99. The van der Waals surface area contributed by atoms with Gasteiger partial charge in [0, 0.05) is 19.2 Å². The van der Waals surface area contributed by atoms with Crippen LogP contribution in [0, 0.1) is 5.92 Å². The van der Waals surface area contributed by atoms with Crippen LogP contribution in [0.4, 0.5) is 0 Å². The van der Waals surface area contributed by atoms with Crippen LogP contribution in [0.15, 0.2) is 0 Å². The normalized spacial score (nSPS) is 21.0. The van der Waals surface area contributed by atoms with E-state index in [-0.39, 0.29) is 24.0 Å². The fourth-order valence-electron chi connectivity index (χ4n) is 2.32. The summed E-state index contributed by atoms with van der Waals surface area (Å²) in [6.45, 7) is 5.41. The van der Waals surface area contributed by atoms with Crippen molar-refractivity contribution in [2.45, 2.75) is 58.1 Å². The molecule has 0 radical (unpaired) electrons. The smallest absolute Gasteiger partial charge is 0.306 e. The minimum Gasteiger partial charge on any atom is -0.481 e. The van der Waals surface area contributed by atoms with Crippen molar-refractivity contribution in [1.29, 1.82) is 0 Å². The van der Waals surface area contributed by atoms with E-state index in [2.05, 4.69) is 10.6 Å². The molecule has 1 rings (SSSR count). The minimum atomic E-state index is -0.746. The minimum absolute atomic E-state index is 0.0174. The van der Waals surface area contributed by atoms with Gasteiger partial charge in [0.15, 0.2) is 0 Å². The maximum absolute atomic E-state index is 11.7. The summed E-state index contributed by atoms with van der Waals surface area (Å²) in [6.07, 6.45) is 4.66. The Morgan fingerprint density at radius 3 is 2.71 bits per heavy atom. The molecule has 122 valence electrons. The topological polar surface area (TPSA) is 87.7 Å². The SMILES string of the molecule is CC(CCCC(C)C(=O)O)NCC(=O)NCC1CCCO1. The van der Waals surface area contributed by atoms with Gasteiger partial charge in [0.2, 0.25) is 5.91 Å². The Morgan fingerprint density at radius 2 is 2.10 bits per heavy atom. The van der Waals surface area contributed by atoms with Crippen LogP contribution in [0.3, 0.4) is 0 Å². The lowest BCUT2D eigenvalue weighted by atomic mass is 10.0. The van der Waals surface area contributed by atoms with Crippen molar-refractivity contribution in [2.75, 3.05) is 19.7 Å². The highest BCUT2D eigenvalue weighted by molar-refractivity contribution is 5.78. The second-order valence-electron chi connectivity index (χ2n) is 5.89. The molecule has 3 N–H and O–H groups in total. The number of carboxylic acid groups (broad SMARTS) is 1. The first-order valence-electron chi connectivity index (χ1n) is 7.83. The molecule has 0 spiro atoms. The molecule has 0 aromatic heterocycles. The summed E-state index contributed by atoms with van der Waals surface area (Å²) < 4.78 is 5.44. The van der Waals surface area contributed by atoms with Crippen molar-refractivity contribution in [2.24, 2.45) is 5.92 Å². The summed E-state index contributed by atoms with van der Waals surface area (Å²) in [6, 6.07) is 0.208. The third kappa shape index (κ3) is 8.02. The Bertz CT molecular complexity index is 330. The predicted octanol–water partition coefficient (Wildman–Crippen LogP) is 1.15. The molecule has 0 saturated carbocycles. The summed E-state index contributed by atoms with van der Waals surface area (Å²) in [7, 11) is 0. The highest BCUT2D eigenvalue weighted by Crippen LogP contribution is 2.10. The van der Waals surface area contributed by atoms with Crippen LogP contribution in [0.2, 0.25) is 0 Å². The van der Waals surface area contributed by atoms with Crippen molar-refractivity contribution in [3.05, 3.63) is 0 Å². The molecule has 1 aliphatic rings. The zero-order valence-electron chi connectivity index (χ0n) is 13.1. The average Bonchev–Trinajstić information content (AvgIpc) is 2.95. The molecule has 1 amide bonds. The van der Waals surface area contributed by atoms with Crippen LogP contribution in [0.5, 0.6) is 0 Å². The van der Waals surface area contributed by atoms with Crippen LogP contribution in [0.25, 0.3) is 0 Å². The van der Waals surface area contributed by atoms with E-state index in [1.54, 1.807) is 6.92 Å². The molecular weight excluding hydrogens is 272 g/mol.